The Kier molecular flexibility index (Phi) is 7.94. The van der Waals surface area contributed by atoms with Crippen LogP contribution in [0, 0.1) is 11.3 Å². The molecule has 1 nitrogen and oxygen atoms in total. The number of rotatable bonds is 8. The number of alkyl halides is 1. The molecule has 0 spiro atoms. The first-order valence-electron chi connectivity index (χ1n) is 5.74. The SMILES string of the molecule is CCC(CC)(CBr)CCOCC(C)C. The van der Waals surface area contributed by atoms with Crippen LogP contribution < -0.4 is 0 Å². The second kappa shape index (κ2) is 7.70. The first kappa shape index (κ1) is 14.4. The van der Waals surface area contributed by atoms with Gasteiger partial charge in [0.05, 0.1) is 0 Å². The van der Waals surface area contributed by atoms with E-state index in [9.17, 15) is 0 Å². The molecule has 0 aliphatic rings. The summed E-state index contributed by atoms with van der Waals surface area (Å²) in [4.78, 5) is 0. The number of hydrogen-bond donors (Lipinski definition) is 0. The van der Waals surface area contributed by atoms with Crippen LogP contribution in [0.4, 0.5) is 0 Å². The second-order valence-electron chi connectivity index (χ2n) is 4.56. The van der Waals surface area contributed by atoms with Crippen molar-refractivity contribution in [2.45, 2.75) is 47.0 Å². The van der Waals surface area contributed by atoms with Crippen molar-refractivity contribution in [1.82, 2.24) is 0 Å². The molecule has 0 rings (SSSR count). The van der Waals surface area contributed by atoms with Crippen LogP contribution in [-0.2, 0) is 4.74 Å². The van der Waals surface area contributed by atoms with Crippen molar-refractivity contribution in [3.8, 4) is 0 Å². The molecule has 0 radical (unpaired) electrons. The van der Waals surface area contributed by atoms with Crippen molar-refractivity contribution in [3.05, 3.63) is 0 Å². The topological polar surface area (TPSA) is 9.23 Å². The summed E-state index contributed by atoms with van der Waals surface area (Å²) < 4.78 is 5.64. The van der Waals surface area contributed by atoms with E-state index in [1.165, 1.54) is 19.3 Å². The predicted molar refractivity (Wildman–Crippen MR) is 67.1 cm³/mol. The molecule has 0 saturated carbocycles. The fraction of sp³-hybridized carbons (Fsp3) is 1.00. The molecule has 0 fully saturated rings. The van der Waals surface area contributed by atoms with Crippen LogP contribution in [0.1, 0.15) is 47.0 Å². The Balaban J connectivity index is 3.71. The maximum Gasteiger partial charge on any atom is 0.0488 e. The molecule has 0 aliphatic carbocycles. The molecular formula is C12H25BrO. The molecule has 0 bridgehead atoms. The van der Waals surface area contributed by atoms with E-state index < -0.39 is 0 Å². The van der Waals surface area contributed by atoms with Gasteiger partial charge in [-0.2, -0.15) is 0 Å². The van der Waals surface area contributed by atoms with Crippen molar-refractivity contribution < 1.29 is 4.74 Å². The fourth-order valence-electron chi connectivity index (χ4n) is 1.47. The van der Waals surface area contributed by atoms with Gasteiger partial charge in [0.2, 0.25) is 0 Å². The van der Waals surface area contributed by atoms with Gasteiger partial charge in [-0.1, -0.05) is 43.6 Å². The number of hydrogen-bond acceptors (Lipinski definition) is 1. The van der Waals surface area contributed by atoms with E-state index >= 15 is 0 Å². The highest BCUT2D eigenvalue weighted by atomic mass is 79.9. The molecule has 0 aromatic heterocycles. The van der Waals surface area contributed by atoms with Crippen LogP contribution in [0.2, 0.25) is 0 Å². The van der Waals surface area contributed by atoms with Gasteiger partial charge in [0.15, 0.2) is 0 Å². The summed E-state index contributed by atoms with van der Waals surface area (Å²) in [5.41, 5.74) is 0.455. The summed E-state index contributed by atoms with van der Waals surface area (Å²) in [6.45, 7) is 10.7. The predicted octanol–water partition coefficient (Wildman–Crippen LogP) is 4.25. The van der Waals surface area contributed by atoms with E-state index in [4.69, 9.17) is 4.74 Å². The first-order valence-corrected chi connectivity index (χ1v) is 6.86. The molecule has 0 aliphatic heterocycles. The average Bonchev–Trinajstić information content (AvgIpc) is 2.19. The molecule has 0 amide bonds. The minimum absolute atomic E-state index is 0.455. The quantitative estimate of drug-likeness (QED) is 0.471. The molecule has 0 atom stereocenters. The van der Waals surface area contributed by atoms with Crippen molar-refractivity contribution >= 4 is 15.9 Å². The van der Waals surface area contributed by atoms with E-state index in [1.54, 1.807) is 0 Å². The lowest BCUT2D eigenvalue weighted by molar-refractivity contribution is 0.0797. The van der Waals surface area contributed by atoms with Crippen molar-refractivity contribution in [3.63, 3.8) is 0 Å². The van der Waals surface area contributed by atoms with E-state index in [2.05, 4.69) is 43.6 Å². The molecule has 86 valence electrons. The highest BCUT2D eigenvalue weighted by Crippen LogP contribution is 2.32. The Hall–Kier alpha value is 0.440. The first-order chi connectivity index (χ1) is 6.60. The Bertz CT molecular complexity index is 122. The summed E-state index contributed by atoms with van der Waals surface area (Å²) >= 11 is 3.62. The molecule has 0 N–H and O–H groups in total. The van der Waals surface area contributed by atoms with Crippen LogP contribution in [0.3, 0.4) is 0 Å². The molecule has 14 heavy (non-hydrogen) atoms. The zero-order chi connectivity index (χ0) is 11.0. The lowest BCUT2D eigenvalue weighted by Crippen LogP contribution is -2.23. The molecule has 2 heteroatoms. The zero-order valence-corrected chi connectivity index (χ0v) is 11.7. The van der Waals surface area contributed by atoms with E-state index in [1.807, 2.05) is 0 Å². The minimum atomic E-state index is 0.455. The fourth-order valence-corrected chi connectivity index (χ4v) is 2.54. The van der Waals surface area contributed by atoms with Crippen molar-refractivity contribution in [2.75, 3.05) is 18.5 Å². The molecule has 0 saturated heterocycles. The number of halogens is 1. The third-order valence-corrected chi connectivity index (χ3v) is 4.20. The lowest BCUT2D eigenvalue weighted by Gasteiger charge is -2.29. The standard InChI is InChI=1S/C12H25BrO/c1-5-12(6-2,10-13)7-8-14-9-11(3)4/h11H,5-10H2,1-4H3. The van der Waals surface area contributed by atoms with Crippen molar-refractivity contribution in [2.24, 2.45) is 11.3 Å². The molecule has 0 aromatic carbocycles. The monoisotopic (exact) mass is 264 g/mol. The Labute approximate surface area is 97.7 Å². The summed E-state index contributed by atoms with van der Waals surface area (Å²) in [5.74, 6) is 0.650. The van der Waals surface area contributed by atoms with Crippen LogP contribution >= 0.6 is 15.9 Å². The van der Waals surface area contributed by atoms with Crippen LogP contribution in [0.25, 0.3) is 0 Å². The Morgan fingerprint density at radius 1 is 1.21 bits per heavy atom. The maximum absolute atomic E-state index is 5.64. The summed E-state index contributed by atoms with van der Waals surface area (Å²) in [5, 5.41) is 1.10. The van der Waals surface area contributed by atoms with Gasteiger partial charge in [-0.25, -0.2) is 0 Å². The molecule has 0 unspecified atom stereocenters. The number of ether oxygens (including phenoxy) is 1. The van der Waals surface area contributed by atoms with Gasteiger partial charge < -0.3 is 4.74 Å². The summed E-state index contributed by atoms with van der Waals surface area (Å²) in [7, 11) is 0. The highest BCUT2D eigenvalue weighted by Gasteiger charge is 2.24. The third kappa shape index (κ3) is 5.35. The van der Waals surface area contributed by atoms with Gasteiger partial charge in [-0.3, -0.25) is 0 Å². The minimum Gasteiger partial charge on any atom is -0.381 e. The normalized spacial score (nSPS) is 12.4. The van der Waals surface area contributed by atoms with E-state index in [-0.39, 0.29) is 0 Å². The Morgan fingerprint density at radius 3 is 2.14 bits per heavy atom. The third-order valence-electron chi connectivity index (χ3n) is 3.01. The maximum atomic E-state index is 5.64. The molecular weight excluding hydrogens is 240 g/mol. The van der Waals surface area contributed by atoms with Gasteiger partial charge in [-0.15, -0.1) is 0 Å². The van der Waals surface area contributed by atoms with Gasteiger partial charge in [-0.05, 0) is 30.6 Å². The highest BCUT2D eigenvalue weighted by molar-refractivity contribution is 9.09. The van der Waals surface area contributed by atoms with Gasteiger partial charge in [0.25, 0.3) is 0 Å². The zero-order valence-electron chi connectivity index (χ0n) is 10.1. The average molecular weight is 265 g/mol. The smallest absolute Gasteiger partial charge is 0.0488 e. The van der Waals surface area contributed by atoms with Crippen LogP contribution in [0.15, 0.2) is 0 Å². The van der Waals surface area contributed by atoms with Crippen LogP contribution in [0.5, 0.6) is 0 Å². The molecule has 0 aromatic rings. The van der Waals surface area contributed by atoms with Gasteiger partial charge >= 0.3 is 0 Å². The summed E-state index contributed by atoms with van der Waals surface area (Å²) in [6.07, 6.45) is 3.65. The largest absolute Gasteiger partial charge is 0.381 e. The molecule has 0 heterocycles. The van der Waals surface area contributed by atoms with E-state index in [0.29, 0.717) is 11.3 Å². The Morgan fingerprint density at radius 2 is 1.79 bits per heavy atom. The van der Waals surface area contributed by atoms with Crippen LogP contribution in [-0.4, -0.2) is 18.5 Å². The second-order valence-corrected chi connectivity index (χ2v) is 5.12. The van der Waals surface area contributed by atoms with E-state index in [0.717, 1.165) is 18.5 Å². The lowest BCUT2D eigenvalue weighted by atomic mass is 9.82. The van der Waals surface area contributed by atoms with Gasteiger partial charge in [0, 0.05) is 18.5 Å². The van der Waals surface area contributed by atoms with Crippen molar-refractivity contribution in [1.29, 1.82) is 0 Å². The van der Waals surface area contributed by atoms with Gasteiger partial charge in [0.1, 0.15) is 0 Å². The summed E-state index contributed by atoms with van der Waals surface area (Å²) in [6, 6.07) is 0.